The molecule has 1 unspecified atom stereocenters. The van der Waals surface area contributed by atoms with Gasteiger partial charge in [-0.05, 0) is 52.2 Å². The van der Waals surface area contributed by atoms with Crippen molar-refractivity contribution in [3.63, 3.8) is 0 Å². The number of thiol groups is 1. The third-order valence-corrected chi connectivity index (χ3v) is 3.59. The molecule has 0 bridgehead atoms. The molecule has 2 rings (SSSR count). The first-order chi connectivity index (χ1) is 7.60. The summed E-state index contributed by atoms with van der Waals surface area (Å²) < 4.78 is 0.768. The number of hydrogen-bond donors (Lipinski definition) is 1. The maximum atomic E-state index is 11.8. The molecule has 0 radical (unpaired) electrons. The summed E-state index contributed by atoms with van der Waals surface area (Å²) in [5, 5.41) is 0. The highest BCUT2D eigenvalue weighted by Crippen LogP contribution is 2.26. The van der Waals surface area contributed by atoms with Gasteiger partial charge in [-0.25, -0.2) is 4.98 Å². The fraction of sp³-hybridized carbons (Fsp3) is 0.455. The number of aryl methyl sites for hydroxylation is 1. The van der Waals surface area contributed by atoms with Crippen LogP contribution in [0.3, 0.4) is 0 Å². The van der Waals surface area contributed by atoms with E-state index in [4.69, 9.17) is 0 Å². The molecule has 1 saturated heterocycles. The van der Waals surface area contributed by atoms with E-state index in [-0.39, 0.29) is 5.91 Å². The Kier molecular flexibility index (Phi) is 3.54. The predicted molar refractivity (Wildman–Crippen MR) is 71.0 cm³/mol. The Morgan fingerprint density at radius 2 is 2.38 bits per heavy atom. The lowest BCUT2D eigenvalue weighted by molar-refractivity contribution is -0.117. The van der Waals surface area contributed by atoms with Crippen molar-refractivity contribution >= 4 is 40.3 Å². The van der Waals surface area contributed by atoms with Gasteiger partial charge in [0.15, 0.2) is 0 Å². The van der Waals surface area contributed by atoms with Gasteiger partial charge in [0.05, 0.1) is 0 Å². The Bertz CT molecular complexity index is 404. The maximum absolute atomic E-state index is 11.8. The number of hydrogen-bond acceptors (Lipinski definition) is 3. The van der Waals surface area contributed by atoms with Crippen molar-refractivity contribution in [2.24, 2.45) is 5.92 Å². The fourth-order valence-electron chi connectivity index (χ4n) is 1.87. The molecule has 1 aromatic rings. The summed E-state index contributed by atoms with van der Waals surface area (Å²) in [5.41, 5.74) is 1.10. The minimum atomic E-state index is 0.143. The standard InChI is InChI=1S/C11H13BrN2OS/c1-7-2-9(12)13-10(3-7)14-5-8(6-16)4-11(14)15/h2-3,8,16H,4-6H2,1H3. The zero-order valence-corrected chi connectivity index (χ0v) is 11.5. The van der Waals surface area contributed by atoms with E-state index >= 15 is 0 Å². The number of carbonyl (C=O) groups excluding carboxylic acids is 1. The van der Waals surface area contributed by atoms with E-state index in [9.17, 15) is 4.79 Å². The second-order valence-corrected chi connectivity index (χ2v) is 5.26. The van der Waals surface area contributed by atoms with E-state index in [2.05, 4.69) is 33.5 Å². The third kappa shape index (κ3) is 2.40. The Morgan fingerprint density at radius 3 is 2.94 bits per heavy atom. The molecule has 3 nitrogen and oxygen atoms in total. The number of halogens is 1. The lowest BCUT2D eigenvalue weighted by Gasteiger charge is -2.16. The minimum Gasteiger partial charge on any atom is -0.296 e. The third-order valence-electron chi connectivity index (χ3n) is 2.66. The Hall–Kier alpha value is -0.550. The van der Waals surface area contributed by atoms with Crippen molar-refractivity contribution < 1.29 is 4.79 Å². The summed E-state index contributed by atoms with van der Waals surface area (Å²) in [6, 6.07) is 3.86. The van der Waals surface area contributed by atoms with Crippen LogP contribution in [0.1, 0.15) is 12.0 Å². The summed E-state index contributed by atoms with van der Waals surface area (Å²) >= 11 is 7.59. The fourth-order valence-corrected chi connectivity index (χ4v) is 2.66. The number of nitrogens with zero attached hydrogens (tertiary/aromatic N) is 2. The van der Waals surface area contributed by atoms with Crippen molar-refractivity contribution in [2.45, 2.75) is 13.3 Å². The van der Waals surface area contributed by atoms with Crippen molar-refractivity contribution in [3.8, 4) is 0 Å². The lowest BCUT2D eigenvalue weighted by Crippen LogP contribution is -2.25. The van der Waals surface area contributed by atoms with Crippen molar-refractivity contribution in [1.82, 2.24) is 4.98 Å². The number of carbonyl (C=O) groups is 1. The first-order valence-corrected chi connectivity index (χ1v) is 6.58. The number of aromatic nitrogens is 1. The average molecular weight is 301 g/mol. The molecule has 1 aliphatic rings. The molecule has 0 saturated carbocycles. The second-order valence-electron chi connectivity index (χ2n) is 4.08. The molecular formula is C11H13BrN2OS. The van der Waals surface area contributed by atoms with Gasteiger partial charge in [-0.2, -0.15) is 12.6 Å². The van der Waals surface area contributed by atoms with Crippen LogP contribution in [0.25, 0.3) is 0 Å². The quantitative estimate of drug-likeness (QED) is 0.672. The smallest absolute Gasteiger partial charge is 0.228 e. The highest BCUT2D eigenvalue weighted by molar-refractivity contribution is 9.10. The normalized spacial score (nSPS) is 20.6. The van der Waals surface area contributed by atoms with Crippen molar-refractivity contribution in [2.75, 3.05) is 17.2 Å². The minimum absolute atomic E-state index is 0.143. The van der Waals surface area contributed by atoms with Crippen LogP contribution in [0.2, 0.25) is 0 Å². The zero-order chi connectivity index (χ0) is 11.7. The van der Waals surface area contributed by atoms with E-state index in [1.54, 1.807) is 4.90 Å². The molecule has 1 atom stereocenters. The molecule has 0 aliphatic carbocycles. The molecule has 5 heteroatoms. The van der Waals surface area contributed by atoms with Crippen molar-refractivity contribution in [3.05, 3.63) is 22.3 Å². The van der Waals surface area contributed by atoms with Crippen LogP contribution < -0.4 is 4.90 Å². The topological polar surface area (TPSA) is 33.2 Å². The molecule has 1 aromatic heterocycles. The van der Waals surface area contributed by atoms with Gasteiger partial charge < -0.3 is 0 Å². The highest BCUT2D eigenvalue weighted by Gasteiger charge is 2.30. The SMILES string of the molecule is Cc1cc(Br)nc(N2CC(CS)CC2=O)c1. The van der Waals surface area contributed by atoms with E-state index < -0.39 is 0 Å². The first kappa shape index (κ1) is 11.9. The number of rotatable bonds is 2. The largest absolute Gasteiger partial charge is 0.296 e. The second kappa shape index (κ2) is 4.75. The highest BCUT2D eigenvalue weighted by atomic mass is 79.9. The van der Waals surface area contributed by atoms with Crippen LogP contribution in [0, 0.1) is 12.8 Å². The van der Waals surface area contributed by atoms with E-state index in [1.807, 2.05) is 19.1 Å². The molecular weight excluding hydrogens is 288 g/mol. The van der Waals surface area contributed by atoms with Gasteiger partial charge in [-0.15, -0.1) is 0 Å². The number of amides is 1. The van der Waals surface area contributed by atoms with Gasteiger partial charge in [0, 0.05) is 13.0 Å². The zero-order valence-electron chi connectivity index (χ0n) is 8.98. The van der Waals surface area contributed by atoms with Gasteiger partial charge in [0.25, 0.3) is 0 Å². The first-order valence-electron chi connectivity index (χ1n) is 5.15. The van der Waals surface area contributed by atoms with Gasteiger partial charge in [-0.1, -0.05) is 0 Å². The molecule has 1 aliphatic heterocycles. The van der Waals surface area contributed by atoms with Gasteiger partial charge >= 0.3 is 0 Å². The number of anilines is 1. The maximum Gasteiger partial charge on any atom is 0.228 e. The van der Waals surface area contributed by atoms with Crippen molar-refractivity contribution in [1.29, 1.82) is 0 Å². The molecule has 16 heavy (non-hydrogen) atoms. The Balaban J connectivity index is 2.27. The number of pyridine rings is 1. The van der Waals surface area contributed by atoms with Gasteiger partial charge in [-0.3, -0.25) is 9.69 Å². The van der Waals surface area contributed by atoms with Crippen LogP contribution in [-0.2, 0) is 4.79 Å². The molecule has 1 fully saturated rings. The van der Waals surface area contributed by atoms with E-state index in [0.717, 1.165) is 28.3 Å². The molecule has 2 heterocycles. The summed E-state index contributed by atoms with van der Waals surface area (Å²) in [4.78, 5) is 17.9. The molecule has 0 spiro atoms. The Labute approximate surface area is 109 Å². The van der Waals surface area contributed by atoms with Gasteiger partial charge in [0.1, 0.15) is 10.4 Å². The summed E-state index contributed by atoms with van der Waals surface area (Å²) in [6.07, 6.45) is 0.580. The van der Waals surface area contributed by atoms with Crippen LogP contribution in [0.5, 0.6) is 0 Å². The summed E-state index contributed by atoms with van der Waals surface area (Å²) in [5.74, 6) is 1.97. The van der Waals surface area contributed by atoms with Crippen LogP contribution in [0.4, 0.5) is 5.82 Å². The Morgan fingerprint density at radius 1 is 1.62 bits per heavy atom. The van der Waals surface area contributed by atoms with E-state index in [1.165, 1.54) is 0 Å². The molecule has 0 N–H and O–H groups in total. The van der Waals surface area contributed by atoms with Gasteiger partial charge in [0.2, 0.25) is 5.91 Å². The molecule has 86 valence electrons. The summed E-state index contributed by atoms with van der Waals surface area (Å²) in [6.45, 7) is 2.72. The average Bonchev–Trinajstić information content (AvgIpc) is 2.58. The van der Waals surface area contributed by atoms with Crippen LogP contribution in [-0.4, -0.2) is 23.2 Å². The molecule has 0 aromatic carbocycles. The summed E-state index contributed by atoms with van der Waals surface area (Å²) in [7, 11) is 0. The van der Waals surface area contributed by atoms with Crippen LogP contribution in [0.15, 0.2) is 16.7 Å². The van der Waals surface area contributed by atoms with Crippen LogP contribution >= 0.6 is 28.6 Å². The predicted octanol–water partition coefficient (Wildman–Crippen LogP) is 2.44. The lowest BCUT2D eigenvalue weighted by atomic mass is 10.1. The van der Waals surface area contributed by atoms with E-state index in [0.29, 0.717) is 12.3 Å². The molecule has 1 amide bonds. The monoisotopic (exact) mass is 300 g/mol.